The molecule has 0 saturated carbocycles. The Hall–Kier alpha value is -1.22. The Balaban J connectivity index is 2.03. The van der Waals surface area contributed by atoms with Crippen molar-refractivity contribution in [3.8, 4) is 11.5 Å². The zero-order valence-corrected chi connectivity index (χ0v) is 9.25. The molecule has 1 aliphatic heterocycles. The van der Waals surface area contributed by atoms with Gasteiger partial charge in [0.05, 0.1) is 0 Å². The fraction of sp³-hybridized carbons (Fsp3) is 0.500. The first kappa shape index (κ1) is 10.3. The van der Waals surface area contributed by atoms with Crippen molar-refractivity contribution in [3.05, 3.63) is 23.8 Å². The fourth-order valence-corrected chi connectivity index (χ4v) is 1.84. The van der Waals surface area contributed by atoms with Crippen LogP contribution in [0.15, 0.2) is 18.2 Å². The second kappa shape index (κ2) is 4.53. The molecule has 0 saturated heterocycles. The lowest BCUT2D eigenvalue weighted by Gasteiger charge is -2.12. The lowest BCUT2D eigenvalue weighted by atomic mass is 10.1. The highest BCUT2D eigenvalue weighted by molar-refractivity contribution is 5.44. The number of likely N-dealkylation sites (N-methyl/N-ethyl adjacent to an activating group) is 1. The van der Waals surface area contributed by atoms with Gasteiger partial charge in [-0.15, -0.1) is 0 Å². The van der Waals surface area contributed by atoms with Crippen LogP contribution in [0.4, 0.5) is 0 Å². The summed E-state index contributed by atoms with van der Waals surface area (Å²) in [6.45, 7) is 5.66. The zero-order valence-electron chi connectivity index (χ0n) is 9.25. The van der Waals surface area contributed by atoms with Crippen molar-refractivity contribution < 1.29 is 9.47 Å². The van der Waals surface area contributed by atoms with Gasteiger partial charge in [-0.05, 0) is 37.6 Å². The molecule has 2 rings (SSSR count). The number of nitrogens with one attached hydrogen (secondary N) is 1. The number of fused-ring (bicyclic) bond motifs is 1. The van der Waals surface area contributed by atoms with Crippen molar-refractivity contribution in [2.24, 2.45) is 0 Å². The van der Waals surface area contributed by atoms with Crippen LogP contribution in [-0.4, -0.2) is 19.4 Å². The highest BCUT2D eigenvalue weighted by Gasteiger charge is 2.13. The predicted octanol–water partition coefficient (Wildman–Crippen LogP) is 1.96. The van der Waals surface area contributed by atoms with Gasteiger partial charge in [-0.2, -0.15) is 0 Å². The molecule has 1 aromatic rings. The van der Waals surface area contributed by atoms with Crippen LogP contribution in [0.25, 0.3) is 0 Å². The third-order valence-corrected chi connectivity index (χ3v) is 2.53. The molecule has 1 aliphatic rings. The maximum absolute atomic E-state index is 5.34. The van der Waals surface area contributed by atoms with E-state index in [9.17, 15) is 0 Å². The van der Waals surface area contributed by atoms with Crippen LogP contribution in [0, 0.1) is 0 Å². The van der Waals surface area contributed by atoms with E-state index < -0.39 is 0 Å². The Morgan fingerprint density at radius 1 is 1.33 bits per heavy atom. The molecule has 0 amide bonds. The average Bonchev–Trinajstić information content (AvgIpc) is 2.65. The van der Waals surface area contributed by atoms with Crippen LogP contribution in [0.1, 0.15) is 19.4 Å². The standard InChI is InChI=1S/C12H17NO2/c1-3-13-9(2)6-10-4-5-11-12(7-10)15-8-14-11/h4-5,7,9,13H,3,6,8H2,1-2H3/t9-/m1/s1. The highest BCUT2D eigenvalue weighted by atomic mass is 16.7. The first-order chi connectivity index (χ1) is 7.29. The van der Waals surface area contributed by atoms with Crippen LogP contribution >= 0.6 is 0 Å². The topological polar surface area (TPSA) is 30.5 Å². The average molecular weight is 207 g/mol. The normalized spacial score (nSPS) is 15.3. The third kappa shape index (κ3) is 2.42. The third-order valence-electron chi connectivity index (χ3n) is 2.53. The Bertz CT molecular complexity index is 338. The number of ether oxygens (including phenoxy) is 2. The molecule has 82 valence electrons. The van der Waals surface area contributed by atoms with Crippen LogP contribution in [0.2, 0.25) is 0 Å². The van der Waals surface area contributed by atoms with Crippen molar-refractivity contribution in [1.29, 1.82) is 0 Å². The van der Waals surface area contributed by atoms with Crippen LogP contribution in [0.3, 0.4) is 0 Å². The minimum absolute atomic E-state index is 0.349. The quantitative estimate of drug-likeness (QED) is 0.818. The van der Waals surface area contributed by atoms with Gasteiger partial charge in [0, 0.05) is 6.04 Å². The maximum atomic E-state index is 5.34. The summed E-state index contributed by atoms with van der Waals surface area (Å²) < 4.78 is 10.6. The van der Waals surface area contributed by atoms with E-state index in [-0.39, 0.29) is 0 Å². The maximum Gasteiger partial charge on any atom is 0.231 e. The molecule has 0 fully saturated rings. The van der Waals surface area contributed by atoms with Gasteiger partial charge in [0.2, 0.25) is 6.79 Å². The Labute approximate surface area is 90.4 Å². The van der Waals surface area contributed by atoms with Crippen molar-refractivity contribution in [3.63, 3.8) is 0 Å². The van der Waals surface area contributed by atoms with Gasteiger partial charge in [0.1, 0.15) is 0 Å². The van der Waals surface area contributed by atoms with Crippen molar-refractivity contribution >= 4 is 0 Å². The first-order valence-corrected chi connectivity index (χ1v) is 5.41. The first-order valence-electron chi connectivity index (χ1n) is 5.41. The zero-order chi connectivity index (χ0) is 10.7. The number of benzene rings is 1. The summed E-state index contributed by atoms with van der Waals surface area (Å²) in [5.41, 5.74) is 1.28. The summed E-state index contributed by atoms with van der Waals surface area (Å²) in [5.74, 6) is 1.73. The Morgan fingerprint density at radius 3 is 2.93 bits per heavy atom. The van der Waals surface area contributed by atoms with E-state index in [1.807, 2.05) is 6.07 Å². The van der Waals surface area contributed by atoms with Gasteiger partial charge >= 0.3 is 0 Å². The molecule has 1 heterocycles. The molecular formula is C12H17NO2. The van der Waals surface area contributed by atoms with Gasteiger partial charge in [0.25, 0.3) is 0 Å². The van der Waals surface area contributed by atoms with Crippen LogP contribution < -0.4 is 14.8 Å². The molecular weight excluding hydrogens is 190 g/mol. The Kier molecular flexibility index (Phi) is 3.11. The number of rotatable bonds is 4. The van der Waals surface area contributed by atoms with E-state index in [4.69, 9.17) is 9.47 Å². The molecule has 3 nitrogen and oxygen atoms in total. The van der Waals surface area contributed by atoms with E-state index in [1.165, 1.54) is 5.56 Å². The Morgan fingerprint density at radius 2 is 2.13 bits per heavy atom. The highest BCUT2D eigenvalue weighted by Crippen LogP contribution is 2.32. The second-order valence-electron chi connectivity index (χ2n) is 3.85. The molecule has 1 aromatic carbocycles. The van der Waals surface area contributed by atoms with E-state index in [1.54, 1.807) is 0 Å². The minimum atomic E-state index is 0.349. The van der Waals surface area contributed by atoms with Crippen LogP contribution in [-0.2, 0) is 6.42 Å². The van der Waals surface area contributed by atoms with Gasteiger partial charge in [-0.3, -0.25) is 0 Å². The van der Waals surface area contributed by atoms with E-state index in [2.05, 4.69) is 31.3 Å². The summed E-state index contributed by atoms with van der Waals surface area (Å²) in [7, 11) is 0. The van der Waals surface area contributed by atoms with Crippen molar-refractivity contribution in [1.82, 2.24) is 5.32 Å². The van der Waals surface area contributed by atoms with Crippen molar-refractivity contribution in [2.45, 2.75) is 26.3 Å². The largest absolute Gasteiger partial charge is 0.454 e. The fourth-order valence-electron chi connectivity index (χ4n) is 1.84. The minimum Gasteiger partial charge on any atom is -0.454 e. The molecule has 0 spiro atoms. The van der Waals surface area contributed by atoms with Gasteiger partial charge in [0.15, 0.2) is 11.5 Å². The number of hydrogen-bond acceptors (Lipinski definition) is 3. The summed E-state index contributed by atoms with van der Waals surface area (Å²) in [6.07, 6.45) is 1.02. The van der Waals surface area contributed by atoms with Gasteiger partial charge in [-0.1, -0.05) is 13.0 Å². The molecule has 0 bridgehead atoms. The molecule has 0 aliphatic carbocycles. The smallest absolute Gasteiger partial charge is 0.231 e. The monoisotopic (exact) mass is 207 g/mol. The second-order valence-corrected chi connectivity index (χ2v) is 3.85. The summed E-state index contributed by atoms with van der Waals surface area (Å²) in [5, 5.41) is 3.39. The molecule has 1 atom stereocenters. The SMILES string of the molecule is CCN[C@H](C)Cc1ccc2c(c1)OCO2. The summed E-state index contributed by atoms with van der Waals surface area (Å²) >= 11 is 0. The molecule has 1 N–H and O–H groups in total. The lowest BCUT2D eigenvalue weighted by Crippen LogP contribution is -2.27. The molecule has 0 unspecified atom stereocenters. The molecule has 3 heteroatoms. The predicted molar refractivity (Wildman–Crippen MR) is 59.4 cm³/mol. The van der Waals surface area contributed by atoms with E-state index >= 15 is 0 Å². The molecule has 0 aromatic heterocycles. The van der Waals surface area contributed by atoms with Crippen molar-refractivity contribution in [2.75, 3.05) is 13.3 Å². The van der Waals surface area contributed by atoms with E-state index in [0.717, 1.165) is 24.5 Å². The van der Waals surface area contributed by atoms with Gasteiger partial charge in [-0.25, -0.2) is 0 Å². The lowest BCUT2D eigenvalue weighted by molar-refractivity contribution is 0.174. The summed E-state index contributed by atoms with van der Waals surface area (Å²) in [6, 6.07) is 6.64. The molecule has 0 radical (unpaired) electrons. The van der Waals surface area contributed by atoms with Crippen LogP contribution in [0.5, 0.6) is 11.5 Å². The van der Waals surface area contributed by atoms with E-state index in [0.29, 0.717) is 12.8 Å². The molecule has 15 heavy (non-hydrogen) atoms. The van der Waals surface area contributed by atoms with Gasteiger partial charge < -0.3 is 14.8 Å². The summed E-state index contributed by atoms with van der Waals surface area (Å²) in [4.78, 5) is 0. The number of hydrogen-bond donors (Lipinski definition) is 1.